The number of hydrogen-bond acceptors (Lipinski definition) is 3. The summed E-state index contributed by atoms with van der Waals surface area (Å²) in [6, 6.07) is 14.8. The quantitative estimate of drug-likeness (QED) is 0.787. The summed E-state index contributed by atoms with van der Waals surface area (Å²) in [4.78, 5) is 23.4. The van der Waals surface area contributed by atoms with E-state index in [0.29, 0.717) is 5.75 Å². The topological polar surface area (TPSA) is 67.4 Å². The van der Waals surface area contributed by atoms with Gasteiger partial charge >= 0.3 is 0 Å². The summed E-state index contributed by atoms with van der Waals surface area (Å²) >= 11 is 3.33. The predicted molar refractivity (Wildman–Crippen MR) is 90.8 cm³/mol. The number of carbonyl (C=O) groups excluding carboxylic acids is 2. The van der Waals surface area contributed by atoms with E-state index in [0.717, 1.165) is 15.6 Å². The second kappa shape index (κ2) is 8.33. The number of aryl methyl sites for hydroxylation is 1. The summed E-state index contributed by atoms with van der Waals surface area (Å²) in [5.41, 5.74) is 6.50. The van der Waals surface area contributed by atoms with Crippen LogP contribution in [0.25, 0.3) is 0 Å². The fourth-order valence-corrected chi connectivity index (χ4v) is 2.13. The molecule has 0 saturated carbocycles. The van der Waals surface area contributed by atoms with Crippen molar-refractivity contribution >= 4 is 27.7 Å². The Morgan fingerprint density at radius 3 is 2.35 bits per heavy atom. The number of rotatable bonds is 5. The van der Waals surface area contributed by atoms with Crippen LogP contribution < -0.4 is 15.6 Å². The summed E-state index contributed by atoms with van der Waals surface area (Å²) in [5.74, 6) is -0.0715. The van der Waals surface area contributed by atoms with E-state index in [1.165, 1.54) is 0 Å². The normalized spacial score (nSPS) is 10.0. The third-order valence-corrected chi connectivity index (χ3v) is 3.60. The average Bonchev–Trinajstić information content (AvgIpc) is 2.54. The van der Waals surface area contributed by atoms with Crippen molar-refractivity contribution in [1.29, 1.82) is 0 Å². The van der Waals surface area contributed by atoms with Crippen LogP contribution in [-0.2, 0) is 16.0 Å². The van der Waals surface area contributed by atoms with Crippen molar-refractivity contribution in [2.45, 2.75) is 13.3 Å². The van der Waals surface area contributed by atoms with E-state index in [9.17, 15) is 9.59 Å². The number of benzene rings is 2. The molecule has 2 aromatic carbocycles. The second-order valence-electron chi connectivity index (χ2n) is 4.95. The molecule has 0 aromatic heterocycles. The number of nitrogens with one attached hydrogen (secondary N) is 2. The van der Waals surface area contributed by atoms with Crippen LogP contribution in [0.5, 0.6) is 5.75 Å². The minimum atomic E-state index is -0.419. The third-order valence-electron chi connectivity index (χ3n) is 3.07. The molecule has 2 rings (SSSR count). The zero-order valence-electron chi connectivity index (χ0n) is 12.6. The van der Waals surface area contributed by atoms with Gasteiger partial charge in [0.25, 0.3) is 5.91 Å². The van der Waals surface area contributed by atoms with Gasteiger partial charge < -0.3 is 4.74 Å². The van der Waals surface area contributed by atoms with Gasteiger partial charge in [0.1, 0.15) is 5.75 Å². The minimum absolute atomic E-state index is 0.163. The highest BCUT2D eigenvalue weighted by molar-refractivity contribution is 9.10. The Morgan fingerprint density at radius 2 is 1.65 bits per heavy atom. The molecule has 0 unspecified atom stereocenters. The molecular weight excluding hydrogens is 360 g/mol. The number of amides is 2. The second-order valence-corrected chi connectivity index (χ2v) is 5.87. The van der Waals surface area contributed by atoms with Crippen LogP contribution in [0, 0.1) is 6.92 Å². The van der Waals surface area contributed by atoms with Crippen LogP contribution in [0.1, 0.15) is 11.1 Å². The van der Waals surface area contributed by atoms with Gasteiger partial charge in [-0.15, -0.1) is 0 Å². The van der Waals surface area contributed by atoms with E-state index in [2.05, 4.69) is 26.8 Å². The number of carbonyl (C=O) groups is 2. The van der Waals surface area contributed by atoms with Gasteiger partial charge in [0.15, 0.2) is 6.61 Å². The summed E-state index contributed by atoms with van der Waals surface area (Å²) in [6.45, 7) is 1.73. The molecule has 0 spiro atoms. The molecule has 0 fully saturated rings. The van der Waals surface area contributed by atoms with Crippen molar-refractivity contribution in [3.63, 3.8) is 0 Å². The molecule has 6 heteroatoms. The highest BCUT2D eigenvalue weighted by Gasteiger charge is 2.07. The van der Waals surface area contributed by atoms with Crippen LogP contribution in [0.3, 0.4) is 0 Å². The van der Waals surface area contributed by atoms with Crippen LogP contribution in [0.15, 0.2) is 53.0 Å². The van der Waals surface area contributed by atoms with Crippen molar-refractivity contribution in [3.05, 3.63) is 64.1 Å². The van der Waals surface area contributed by atoms with Crippen LogP contribution in [0.4, 0.5) is 0 Å². The lowest BCUT2D eigenvalue weighted by Gasteiger charge is -2.10. The highest BCUT2D eigenvalue weighted by Crippen LogP contribution is 2.15. The van der Waals surface area contributed by atoms with Crippen molar-refractivity contribution in [2.75, 3.05) is 6.61 Å². The number of para-hydroxylation sites is 1. The molecule has 2 aromatic rings. The number of halogens is 1. The summed E-state index contributed by atoms with van der Waals surface area (Å²) < 4.78 is 6.34. The molecule has 0 aliphatic rings. The first-order valence-corrected chi connectivity index (χ1v) is 7.84. The lowest BCUT2D eigenvalue weighted by molar-refractivity contribution is -0.129. The first kappa shape index (κ1) is 17.0. The average molecular weight is 377 g/mol. The van der Waals surface area contributed by atoms with Crippen LogP contribution >= 0.6 is 15.9 Å². The van der Waals surface area contributed by atoms with Crippen molar-refractivity contribution in [3.8, 4) is 5.75 Å². The van der Waals surface area contributed by atoms with Gasteiger partial charge in [0, 0.05) is 4.47 Å². The fraction of sp³-hybridized carbons (Fsp3) is 0.176. The molecule has 0 radical (unpaired) electrons. The molecule has 5 nitrogen and oxygen atoms in total. The van der Waals surface area contributed by atoms with Gasteiger partial charge in [-0.3, -0.25) is 20.4 Å². The molecule has 0 aliphatic heterocycles. The molecule has 0 bridgehead atoms. The van der Waals surface area contributed by atoms with Gasteiger partial charge in [-0.05, 0) is 36.2 Å². The molecule has 2 amide bonds. The van der Waals surface area contributed by atoms with Crippen LogP contribution in [-0.4, -0.2) is 18.4 Å². The molecule has 0 saturated heterocycles. The Bertz CT molecular complexity index is 686. The molecule has 0 atom stereocenters. The van der Waals surface area contributed by atoms with E-state index in [1.54, 1.807) is 6.07 Å². The SMILES string of the molecule is Cc1ccccc1OCC(=O)NNC(=O)Cc1ccc(Br)cc1. The van der Waals surface area contributed by atoms with Crippen molar-refractivity contribution in [2.24, 2.45) is 0 Å². The Morgan fingerprint density at radius 1 is 1.00 bits per heavy atom. The molecule has 120 valence electrons. The summed E-state index contributed by atoms with van der Waals surface area (Å²) in [5, 5.41) is 0. The smallest absolute Gasteiger partial charge is 0.276 e. The van der Waals surface area contributed by atoms with Gasteiger partial charge in [0.05, 0.1) is 6.42 Å². The lowest BCUT2D eigenvalue weighted by atomic mass is 10.1. The Labute approximate surface area is 143 Å². The predicted octanol–water partition coefficient (Wildman–Crippen LogP) is 2.53. The first-order valence-electron chi connectivity index (χ1n) is 7.05. The number of ether oxygens (including phenoxy) is 1. The molecular formula is C17H17BrN2O3. The molecule has 0 heterocycles. The monoisotopic (exact) mass is 376 g/mol. The van der Waals surface area contributed by atoms with E-state index in [1.807, 2.05) is 49.4 Å². The number of hydrazine groups is 1. The standard InChI is InChI=1S/C17H17BrN2O3/c1-12-4-2-3-5-15(12)23-11-17(22)20-19-16(21)10-13-6-8-14(18)9-7-13/h2-9H,10-11H2,1H3,(H,19,21)(H,20,22). The maximum Gasteiger partial charge on any atom is 0.276 e. The lowest BCUT2D eigenvalue weighted by Crippen LogP contribution is -2.44. The van der Waals surface area contributed by atoms with Gasteiger partial charge in [0.2, 0.25) is 5.91 Å². The van der Waals surface area contributed by atoms with Gasteiger partial charge in [-0.25, -0.2) is 0 Å². The van der Waals surface area contributed by atoms with E-state index in [-0.39, 0.29) is 18.9 Å². The van der Waals surface area contributed by atoms with Crippen molar-refractivity contribution < 1.29 is 14.3 Å². The van der Waals surface area contributed by atoms with Gasteiger partial charge in [-0.1, -0.05) is 46.3 Å². The Balaban J connectivity index is 1.72. The van der Waals surface area contributed by atoms with E-state index >= 15 is 0 Å². The Hall–Kier alpha value is -2.34. The third kappa shape index (κ3) is 5.75. The first-order chi connectivity index (χ1) is 11.0. The van der Waals surface area contributed by atoms with Crippen molar-refractivity contribution in [1.82, 2.24) is 10.9 Å². The minimum Gasteiger partial charge on any atom is -0.483 e. The molecule has 0 aliphatic carbocycles. The summed E-state index contributed by atoms with van der Waals surface area (Å²) in [6.07, 6.45) is 0.187. The number of hydrogen-bond donors (Lipinski definition) is 2. The molecule has 23 heavy (non-hydrogen) atoms. The molecule has 2 N–H and O–H groups in total. The van der Waals surface area contributed by atoms with Gasteiger partial charge in [-0.2, -0.15) is 0 Å². The maximum atomic E-state index is 11.8. The zero-order valence-corrected chi connectivity index (χ0v) is 14.2. The largest absolute Gasteiger partial charge is 0.483 e. The Kier molecular flexibility index (Phi) is 6.17. The van der Waals surface area contributed by atoms with E-state index in [4.69, 9.17) is 4.74 Å². The van der Waals surface area contributed by atoms with E-state index < -0.39 is 5.91 Å². The van der Waals surface area contributed by atoms with Crippen LogP contribution in [0.2, 0.25) is 0 Å². The summed E-state index contributed by atoms with van der Waals surface area (Å²) in [7, 11) is 0. The zero-order chi connectivity index (χ0) is 16.7. The maximum absolute atomic E-state index is 11.8. The highest BCUT2D eigenvalue weighted by atomic mass is 79.9. The fourth-order valence-electron chi connectivity index (χ4n) is 1.87.